The molecule has 9 heteroatoms. The molecule has 1 aliphatic heterocycles. The van der Waals surface area contributed by atoms with Gasteiger partial charge in [0.05, 0.1) is 6.20 Å². The minimum Gasteiger partial charge on any atom is -0.324 e. The first-order chi connectivity index (χ1) is 17.8. The summed E-state index contributed by atoms with van der Waals surface area (Å²) in [5.74, 6) is 1.99. The van der Waals surface area contributed by atoms with Gasteiger partial charge >= 0.3 is 0 Å². The van der Waals surface area contributed by atoms with Crippen LogP contribution in [0.3, 0.4) is 0 Å². The Bertz CT molecular complexity index is 1490. The Labute approximate surface area is 217 Å². The molecule has 1 unspecified atom stereocenters. The number of nitrogens with one attached hydrogen (secondary N) is 2. The van der Waals surface area contributed by atoms with Crippen LogP contribution >= 0.6 is 7.14 Å². The molecule has 37 heavy (non-hydrogen) atoms. The summed E-state index contributed by atoms with van der Waals surface area (Å²) in [7, 11) is -0.364. The van der Waals surface area contributed by atoms with Crippen LogP contribution in [0.1, 0.15) is 58.6 Å². The van der Waals surface area contributed by atoms with E-state index in [4.69, 9.17) is 4.98 Å². The zero-order valence-corrected chi connectivity index (χ0v) is 22.5. The first-order valence-corrected chi connectivity index (χ1v) is 15.6. The Kier molecular flexibility index (Phi) is 6.01. The predicted molar refractivity (Wildman–Crippen MR) is 147 cm³/mol. The highest BCUT2D eigenvalue weighted by Gasteiger charge is 2.29. The lowest BCUT2D eigenvalue weighted by Crippen LogP contribution is -2.33. The van der Waals surface area contributed by atoms with Crippen molar-refractivity contribution >= 4 is 35.8 Å². The summed E-state index contributed by atoms with van der Waals surface area (Å²) in [5, 5.41) is 16.3. The second-order valence-electron chi connectivity index (χ2n) is 11.0. The van der Waals surface area contributed by atoms with Crippen molar-refractivity contribution in [2.24, 2.45) is 0 Å². The van der Waals surface area contributed by atoms with Crippen LogP contribution in [0.5, 0.6) is 0 Å². The molecule has 0 spiro atoms. The number of aromatic nitrogens is 3. The van der Waals surface area contributed by atoms with E-state index in [1.807, 2.05) is 6.07 Å². The molecule has 0 saturated heterocycles. The number of pyridine rings is 1. The number of rotatable bonds is 5. The molecule has 2 aromatic heterocycles. The average molecular weight is 514 g/mol. The van der Waals surface area contributed by atoms with Crippen LogP contribution in [-0.2, 0) is 30.4 Å². The van der Waals surface area contributed by atoms with Crippen molar-refractivity contribution in [3.63, 3.8) is 0 Å². The molecule has 0 amide bonds. The summed E-state index contributed by atoms with van der Waals surface area (Å²) in [4.78, 5) is 16.2. The summed E-state index contributed by atoms with van der Waals surface area (Å²) in [6, 6.07) is 8.63. The van der Waals surface area contributed by atoms with E-state index in [1.165, 1.54) is 35.7 Å². The maximum Gasteiger partial charge on any atom is 0.229 e. The maximum absolute atomic E-state index is 13.0. The van der Waals surface area contributed by atoms with Gasteiger partial charge in [0.25, 0.3) is 0 Å². The first kappa shape index (κ1) is 24.1. The monoisotopic (exact) mass is 513 g/mol. The average Bonchev–Trinajstić information content (AvgIpc) is 3.31. The molecule has 0 bridgehead atoms. The summed E-state index contributed by atoms with van der Waals surface area (Å²) < 4.78 is 13.0. The number of aryl methyl sites for hydroxylation is 2. The number of nitriles is 1. The van der Waals surface area contributed by atoms with E-state index in [1.54, 1.807) is 18.9 Å². The van der Waals surface area contributed by atoms with Gasteiger partial charge in [0.15, 0.2) is 5.82 Å². The number of anilines is 4. The fourth-order valence-corrected chi connectivity index (χ4v) is 7.50. The smallest absolute Gasteiger partial charge is 0.229 e. The first-order valence-electron chi connectivity index (χ1n) is 13.0. The molecule has 2 aliphatic carbocycles. The second kappa shape index (κ2) is 9.24. The van der Waals surface area contributed by atoms with Crippen molar-refractivity contribution < 1.29 is 4.57 Å². The van der Waals surface area contributed by atoms with Crippen LogP contribution in [0, 0.1) is 11.3 Å². The Morgan fingerprint density at radius 1 is 1.05 bits per heavy atom. The van der Waals surface area contributed by atoms with Gasteiger partial charge in [0.1, 0.15) is 30.0 Å². The molecular formula is C28H32N7OP. The number of hydrogen-bond acceptors (Lipinski definition) is 8. The van der Waals surface area contributed by atoms with Gasteiger partial charge in [-0.3, -0.25) is 0 Å². The fraction of sp³-hybridized carbons (Fsp3) is 0.429. The number of nitrogens with zero attached hydrogens (tertiary/aromatic N) is 5. The SMILES string of the molecule is CN1Cc2cc(Nc3ncc(C#N)c(Nc4cc5c(c(P(C)(C)=O)n4)CCC5)n3)cc3c2C(CCC3)C1. The molecule has 0 radical (unpaired) electrons. The predicted octanol–water partition coefficient (Wildman–Crippen LogP) is 4.83. The zero-order chi connectivity index (χ0) is 25.7. The van der Waals surface area contributed by atoms with Crippen LogP contribution in [0.4, 0.5) is 23.3 Å². The molecule has 6 rings (SSSR count). The Balaban J connectivity index is 1.32. The van der Waals surface area contributed by atoms with Gasteiger partial charge in [0, 0.05) is 18.8 Å². The second-order valence-corrected chi connectivity index (χ2v) is 14.1. The van der Waals surface area contributed by atoms with Crippen LogP contribution in [-0.4, -0.2) is 46.8 Å². The van der Waals surface area contributed by atoms with Gasteiger partial charge in [-0.1, -0.05) is 0 Å². The van der Waals surface area contributed by atoms with Gasteiger partial charge in [-0.2, -0.15) is 10.2 Å². The van der Waals surface area contributed by atoms with Crippen LogP contribution in [0.25, 0.3) is 0 Å². The van der Waals surface area contributed by atoms with E-state index < -0.39 is 7.14 Å². The Hall–Kier alpha value is -3.27. The fourth-order valence-electron chi connectivity index (χ4n) is 6.25. The minimum atomic E-state index is -2.55. The third-order valence-corrected chi connectivity index (χ3v) is 9.11. The molecule has 3 aromatic rings. The van der Waals surface area contributed by atoms with Crippen molar-refractivity contribution in [3.8, 4) is 6.07 Å². The largest absolute Gasteiger partial charge is 0.324 e. The number of likely N-dealkylation sites (N-methyl/N-ethyl adjacent to an activating group) is 1. The summed E-state index contributed by atoms with van der Waals surface area (Å²) in [6.07, 6.45) is 8.00. The molecular weight excluding hydrogens is 481 g/mol. The summed E-state index contributed by atoms with van der Waals surface area (Å²) >= 11 is 0. The van der Waals surface area contributed by atoms with E-state index in [-0.39, 0.29) is 0 Å². The highest BCUT2D eigenvalue weighted by molar-refractivity contribution is 7.70. The van der Waals surface area contributed by atoms with Gasteiger partial charge in [-0.05, 0) is 111 Å². The number of fused-ring (bicyclic) bond motifs is 1. The quantitative estimate of drug-likeness (QED) is 0.467. The zero-order valence-electron chi connectivity index (χ0n) is 21.6. The van der Waals surface area contributed by atoms with E-state index in [2.05, 4.69) is 50.8 Å². The van der Waals surface area contributed by atoms with Crippen LogP contribution in [0.2, 0.25) is 0 Å². The molecule has 190 valence electrons. The molecule has 3 aliphatic rings. The third kappa shape index (κ3) is 4.63. The van der Waals surface area contributed by atoms with Crippen molar-refractivity contribution in [2.75, 3.05) is 37.6 Å². The highest BCUT2D eigenvalue weighted by Crippen LogP contribution is 2.41. The molecule has 2 N–H and O–H groups in total. The van der Waals surface area contributed by atoms with E-state index in [9.17, 15) is 9.83 Å². The molecule has 8 nitrogen and oxygen atoms in total. The van der Waals surface area contributed by atoms with Crippen LogP contribution < -0.4 is 16.1 Å². The van der Waals surface area contributed by atoms with Gasteiger partial charge in [-0.15, -0.1) is 0 Å². The molecule has 1 aromatic carbocycles. The normalized spacial score (nSPS) is 18.6. The van der Waals surface area contributed by atoms with Crippen molar-refractivity contribution in [1.29, 1.82) is 5.26 Å². The van der Waals surface area contributed by atoms with E-state index in [0.29, 0.717) is 34.5 Å². The van der Waals surface area contributed by atoms with Gasteiger partial charge < -0.3 is 20.1 Å². The van der Waals surface area contributed by atoms with Gasteiger partial charge in [-0.25, -0.2) is 9.97 Å². The Morgan fingerprint density at radius 3 is 2.68 bits per heavy atom. The lowest BCUT2D eigenvalue weighted by Gasteiger charge is -2.37. The Morgan fingerprint density at radius 2 is 1.86 bits per heavy atom. The minimum absolute atomic E-state index is 0.329. The summed E-state index contributed by atoms with van der Waals surface area (Å²) in [6.45, 7) is 5.60. The molecule has 0 fully saturated rings. The lowest BCUT2D eigenvalue weighted by molar-refractivity contribution is 0.266. The van der Waals surface area contributed by atoms with Gasteiger partial charge in [0.2, 0.25) is 5.95 Å². The molecule has 1 atom stereocenters. The lowest BCUT2D eigenvalue weighted by atomic mass is 9.77. The van der Waals surface area contributed by atoms with Crippen molar-refractivity contribution in [2.45, 2.75) is 51.0 Å². The summed E-state index contributed by atoms with van der Waals surface area (Å²) in [5.41, 5.74) is 8.62. The van der Waals surface area contributed by atoms with E-state index >= 15 is 0 Å². The topological polar surface area (TPSA) is 107 Å². The third-order valence-electron chi connectivity index (χ3n) is 7.72. The highest BCUT2D eigenvalue weighted by atomic mass is 31.2. The number of hydrogen-bond donors (Lipinski definition) is 2. The molecule has 3 heterocycles. The number of benzene rings is 1. The van der Waals surface area contributed by atoms with Crippen molar-refractivity contribution in [3.05, 3.63) is 57.8 Å². The molecule has 0 saturated carbocycles. The van der Waals surface area contributed by atoms with Crippen molar-refractivity contribution in [1.82, 2.24) is 19.9 Å². The maximum atomic E-state index is 13.0. The van der Waals surface area contributed by atoms with Crippen LogP contribution in [0.15, 0.2) is 24.4 Å². The standard InChI is InChI=1S/C28H32N7OP/c1-35-15-19-8-4-7-18-10-22(11-20(16-35)25(18)19)31-28-30-14-21(13-29)26(34-28)32-24-12-17-6-5-9-23(17)27(33-24)37(2,3)36/h10-12,14,19H,4-9,15-16H2,1-3H3,(H2,30,31,32,33,34). The van der Waals surface area contributed by atoms with E-state index in [0.717, 1.165) is 50.0 Å².